The van der Waals surface area contributed by atoms with Gasteiger partial charge in [0.2, 0.25) is 0 Å². The monoisotopic (exact) mass is 382 g/mol. The molecule has 0 fully saturated rings. The van der Waals surface area contributed by atoms with E-state index in [2.05, 4.69) is 0 Å². The molecule has 0 amide bonds. The summed E-state index contributed by atoms with van der Waals surface area (Å²) in [6, 6.07) is 1.46. The molecule has 0 atom stereocenters. The Morgan fingerprint density at radius 1 is 0.583 bits per heavy atom. The molecule has 0 saturated heterocycles. The van der Waals surface area contributed by atoms with Gasteiger partial charge >= 0.3 is 17.6 Å². The topological polar surface area (TPSA) is 72.5 Å². The molecule has 0 aromatic rings. The summed E-state index contributed by atoms with van der Waals surface area (Å²) in [5.41, 5.74) is 0. The second-order valence-electron chi connectivity index (χ2n) is 5.54. The van der Waals surface area contributed by atoms with Gasteiger partial charge in [0.05, 0.1) is 0 Å². The molecule has 0 spiro atoms. The molecular weight excluding hydrogens is 348 g/mol. The molecule has 0 aliphatic carbocycles. The van der Waals surface area contributed by atoms with Crippen molar-refractivity contribution in [1.29, 1.82) is 0 Å². The maximum Gasteiger partial charge on any atom is 0.500 e. The van der Waals surface area contributed by atoms with Gasteiger partial charge in [-0.3, -0.25) is 4.79 Å². The summed E-state index contributed by atoms with van der Waals surface area (Å²) in [6.07, 6.45) is 4.56. The van der Waals surface area contributed by atoms with Gasteiger partial charge in [0, 0.05) is 67.6 Å². The van der Waals surface area contributed by atoms with Gasteiger partial charge in [-0.15, -0.1) is 0 Å². The van der Waals surface area contributed by atoms with Crippen LogP contribution in [-0.2, 0) is 31.4 Å². The van der Waals surface area contributed by atoms with Crippen LogP contribution >= 0.6 is 0 Å². The molecule has 24 heavy (non-hydrogen) atoms. The number of ketones is 1. The summed E-state index contributed by atoms with van der Waals surface area (Å²) in [4.78, 5) is 11.9. The zero-order valence-electron chi connectivity index (χ0n) is 16.0. The summed E-state index contributed by atoms with van der Waals surface area (Å²) < 4.78 is 32.2. The minimum Gasteiger partial charge on any atom is -0.377 e. The van der Waals surface area contributed by atoms with Crippen molar-refractivity contribution < 1.29 is 31.4 Å². The molecule has 0 N–H and O–H groups in total. The highest BCUT2D eigenvalue weighted by molar-refractivity contribution is 6.60. The molecule has 0 radical (unpaired) electrons. The smallest absolute Gasteiger partial charge is 0.377 e. The lowest BCUT2D eigenvalue weighted by Gasteiger charge is -2.24. The lowest BCUT2D eigenvalue weighted by Crippen LogP contribution is -2.42. The molecule has 0 unspecified atom stereocenters. The lowest BCUT2D eigenvalue weighted by molar-refractivity contribution is -0.119. The zero-order chi connectivity index (χ0) is 18.5. The summed E-state index contributed by atoms with van der Waals surface area (Å²) in [7, 11) is 4.62. The fraction of sp³-hybridized carbons (Fsp3) is 0.933. The fourth-order valence-electron chi connectivity index (χ4n) is 2.56. The van der Waals surface area contributed by atoms with Crippen LogP contribution in [0.2, 0.25) is 12.1 Å². The van der Waals surface area contributed by atoms with Gasteiger partial charge in [-0.25, -0.2) is 0 Å². The molecule has 0 bridgehead atoms. The molecule has 144 valence electrons. The van der Waals surface area contributed by atoms with E-state index in [1.54, 1.807) is 42.7 Å². The van der Waals surface area contributed by atoms with Crippen LogP contribution in [0.25, 0.3) is 0 Å². The van der Waals surface area contributed by atoms with Gasteiger partial charge in [-0.2, -0.15) is 0 Å². The van der Waals surface area contributed by atoms with E-state index in [4.69, 9.17) is 26.6 Å². The maximum atomic E-state index is 11.9. The quantitative estimate of drug-likeness (QED) is 0.300. The summed E-state index contributed by atoms with van der Waals surface area (Å²) in [5, 5.41) is 0. The van der Waals surface area contributed by atoms with Gasteiger partial charge in [0.1, 0.15) is 5.78 Å². The van der Waals surface area contributed by atoms with Gasteiger partial charge in [0.25, 0.3) is 0 Å². The van der Waals surface area contributed by atoms with Crippen molar-refractivity contribution in [2.75, 3.05) is 42.7 Å². The SMILES string of the molecule is CO[Si](CCCCC(=O)CCCC[Si](OC)(OC)OC)(OC)OC. The van der Waals surface area contributed by atoms with Crippen LogP contribution in [0.5, 0.6) is 0 Å². The molecule has 7 nitrogen and oxygen atoms in total. The number of hydrogen-bond donors (Lipinski definition) is 0. The van der Waals surface area contributed by atoms with E-state index in [9.17, 15) is 4.79 Å². The number of carbonyl (C=O) groups excluding carboxylic acids is 1. The van der Waals surface area contributed by atoms with Crippen molar-refractivity contribution in [3.63, 3.8) is 0 Å². The number of unbranched alkanes of at least 4 members (excludes halogenated alkanes) is 2. The Bertz CT molecular complexity index is 287. The molecule has 0 aromatic carbocycles. The zero-order valence-corrected chi connectivity index (χ0v) is 18.0. The van der Waals surface area contributed by atoms with Crippen molar-refractivity contribution in [1.82, 2.24) is 0 Å². The Kier molecular flexibility index (Phi) is 13.0. The Morgan fingerprint density at radius 2 is 0.875 bits per heavy atom. The van der Waals surface area contributed by atoms with Gasteiger partial charge in [-0.05, 0) is 25.7 Å². The van der Waals surface area contributed by atoms with E-state index < -0.39 is 17.6 Å². The predicted octanol–water partition coefficient (Wildman–Crippen LogP) is 2.65. The average Bonchev–Trinajstić information content (AvgIpc) is 2.63. The Labute approximate surface area is 148 Å². The van der Waals surface area contributed by atoms with E-state index in [1.165, 1.54) is 0 Å². The van der Waals surface area contributed by atoms with Gasteiger partial charge in [-0.1, -0.05) is 0 Å². The Balaban J connectivity index is 3.88. The van der Waals surface area contributed by atoms with E-state index in [-0.39, 0.29) is 5.78 Å². The van der Waals surface area contributed by atoms with Crippen molar-refractivity contribution in [3.05, 3.63) is 0 Å². The number of hydrogen-bond acceptors (Lipinski definition) is 7. The minimum atomic E-state index is -2.50. The first-order chi connectivity index (χ1) is 11.5. The molecule has 9 heteroatoms. The third-order valence-corrected chi connectivity index (χ3v) is 9.91. The highest BCUT2D eigenvalue weighted by Gasteiger charge is 2.37. The second-order valence-corrected chi connectivity index (χ2v) is 11.7. The lowest BCUT2D eigenvalue weighted by atomic mass is 10.1. The summed E-state index contributed by atoms with van der Waals surface area (Å²) >= 11 is 0. The first kappa shape index (κ1) is 23.9. The minimum absolute atomic E-state index is 0.286. The standard InChI is InChI=1S/C15H34O7Si2/c1-17-23(18-2,19-3)13-9-7-11-15(16)12-8-10-14-24(20-4,21-5)22-6/h7-14H2,1-6H3. The third-order valence-electron chi connectivity index (χ3n) is 4.24. The fourth-order valence-corrected chi connectivity index (χ4v) is 6.16. The maximum absolute atomic E-state index is 11.9. The first-order valence-corrected chi connectivity index (χ1v) is 12.2. The average molecular weight is 383 g/mol. The summed E-state index contributed by atoms with van der Waals surface area (Å²) in [5.74, 6) is 0.286. The second kappa shape index (κ2) is 13.1. The van der Waals surface area contributed by atoms with Crippen molar-refractivity contribution >= 4 is 23.4 Å². The Hall–Kier alpha value is -0.136. The van der Waals surface area contributed by atoms with Crippen LogP contribution in [-0.4, -0.2) is 66.1 Å². The largest absolute Gasteiger partial charge is 0.500 e. The number of Topliss-reactive ketones (excluding diaryl/α,β-unsaturated/α-hetero) is 1. The summed E-state index contributed by atoms with van der Waals surface area (Å²) in [6.45, 7) is 0. The highest BCUT2D eigenvalue weighted by atomic mass is 28.4. The van der Waals surface area contributed by atoms with E-state index in [0.717, 1.165) is 37.8 Å². The van der Waals surface area contributed by atoms with Crippen LogP contribution in [0.4, 0.5) is 0 Å². The number of rotatable bonds is 16. The van der Waals surface area contributed by atoms with Gasteiger partial charge in [0.15, 0.2) is 0 Å². The van der Waals surface area contributed by atoms with Gasteiger partial charge < -0.3 is 26.6 Å². The molecule has 0 aliphatic rings. The third kappa shape index (κ3) is 8.30. The van der Waals surface area contributed by atoms with Crippen LogP contribution < -0.4 is 0 Å². The number of carbonyl (C=O) groups is 1. The molecule has 0 heterocycles. The molecular formula is C15H34O7Si2. The highest BCUT2D eigenvalue weighted by Crippen LogP contribution is 2.19. The molecule has 0 rings (SSSR count). The normalized spacial score (nSPS) is 12.6. The van der Waals surface area contributed by atoms with E-state index >= 15 is 0 Å². The molecule has 0 aliphatic heterocycles. The van der Waals surface area contributed by atoms with E-state index in [1.807, 2.05) is 0 Å². The van der Waals surface area contributed by atoms with Crippen molar-refractivity contribution in [3.8, 4) is 0 Å². The van der Waals surface area contributed by atoms with Crippen LogP contribution in [0.1, 0.15) is 38.5 Å². The molecule has 0 aromatic heterocycles. The Morgan fingerprint density at radius 3 is 1.12 bits per heavy atom. The van der Waals surface area contributed by atoms with Crippen molar-refractivity contribution in [2.24, 2.45) is 0 Å². The predicted molar refractivity (Wildman–Crippen MR) is 95.9 cm³/mol. The van der Waals surface area contributed by atoms with E-state index in [0.29, 0.717) is 12.8 Å². The van der Waals surface area contributed by atoms with Crippen molar-refractivity contribution in [2.45, 2.75) is 50.6 Å². The van der Waals surface area contributed by atoms with Crippen LogP contribution in [0.15, 0.2) is 0 Å². The molecule has 0 saturated carbocycles. The van der Waals surface area contributed by atoms with Crippen LogP contribution in [0.3, 0.4) is 0 Å². The van der Waals surface area contributed by atoms with Crippen LogP contribution in [0, 0.1) is 0 Å². The first-order valence-electron chi connectivity index (χ1n) is 8.29.